The second-order valence-electron chi connectivity index (χ2n) is 5.72. The molecule has 1 aliphatic rings. The van der Waals surface area contributed by atoms with Gasteiger partial charge >= 0.3 is 6.18 Å². The minimum atomic E-state index is -4.37. The van der Waals surface area contributed by atoms with Gasteiger partial charge in [-0.1, -0.05) is 6.92 Å². The van der Waals surface area contributed by atoms with Gasteiger partial charge in [0.25, 0.3) is 0 Å². The van der Waals surface area contributed by atoms with Crippen LogP contribution in [0.2, 0.25) is 0 Å². The first-order chi connectivity index (χ1) is 11.3. The molecule has 1 fully saturated rings. The van der Waals surface area contributed by atoms with E-state index >= 15 is 0 Å². The average Bonchev–Trinajstić information content (AvgIpc) is 2.53. The summed E-state index contributed by atoms with van der Waals surface area (Å²) in [6.07, 6.45) is -4.37. The van der Waals surface area contributed by atoms with Crippen LogP contribution in [0.15, 0.2) is 12.1 Å². The lowest BCUT2D eigenvalue weighted by Crippen LogP contribution is -2.45. The molecule has 1 aromatic carbocycles. The van der Waals surface area contributed by atoms with Gasteiger partial charge in [0.15, 0.2) is 18.1 Å². The van der Waals surface area contributed by atoms with E-state index in [9.17, 15) is 13.2 Å². The second kappa shape index (κ2) is 8.57. The molecule has 0 unspecified atom stereocenters. The van der Waals surface area contributed by atoms with E-state index in [0.29, 0.717) is 9.32 Å². The van der Waals surface area contributed by atoms with Crippen molar-refractivity contribution >= 4 is 22.6 Å². The number of benzene rings is 1. The van der Waals surface area contributed by atoms with Crippen molar-refractivity contribution in [2.75, 3.05) is 46.4 Å². The third kappa shape index (κ3) is 5.66. The SMILES string of the molecule is CCN1CCN(Cc2cc(I)c(OCC(F)(F)F)c(OC)c2)CC1. The van der Waals surface area contributed by atoms with Crippen molar-refractivity contribution in [1.29, 1.82) is 0 Å². The molecule has 0 N–H and O–H groups in total. The third-order valence-electron chi connectivity index (χ3n) is 3.99. The number of hydrogen-bond acceptors (Lipinski definition) is 4. The van der Waals surface area contributed by atoms with E-state index in [1.165, 1.54) is 7.11 Å². The van der Waals surface area contributed by atoms with Crippen molar-refractivity contribution < 1.29 is 22.6 Å². The van der Waals surface area contributed by atoms with Crippen molar-refractivity contribution in [2.45, 2.75) is 19.6 Å². The molecule has 0 spiro atoms. The Morgan fingerprint density at radius 2 is 1.75 bits per heavy atom. The van der Waals surface area contributed by atoms with E-state index in [0.717, 1.165) is 44.8 Å². The molecule has 2 rings (SSSR count). The Morgan fingerprint density at radius 3 is 2.29 bits per heavy atom. The number of nitrogens with zero attached hydrogens (tertiary/aromatic N) is 2. The molecule has 24 heavy (non-hydrogen) atoms. The molecule has 0 saturated carbocycles. The van der Waals surface area contributed by atoms with Gasteiger partial charge in [-0.05, 0) is 46.8 Å². The molecule has 1 aliphatic heterocycles. The maximum Gasteiger partial charge on any atom is 0.422 e. The van der Waals surface area contributed by atoms with E-state index in [4.69, 9.17) is 9.47 Å². The molecular formula is C16H22F3IN2O2. The smallest absolute Gasteiger partial charge is 0.422 e. The lowest BCUT2D eigenvalue weighted by atomic mass is 10.1. The van der Waals surface area contributed by atoms with Gasteiger partial charge in [-0.2, -0.15) is 13.2 Å². The second-order valence-corrected chi connectivity index (χ2v) is 6.89. The zero-order chi connectivity index (χ0) is 17.7. The highest BCUT2D eigenvalue weighted by Crippen LogP contribution is 2.35. The Bertz CT molecular complexity index is 547. The normalized spacial score (nSPS) is 17.1. The standard InChI is InChI=1S/C16H22F3IN2O2/c1-3-21-4-6-22(7-5-21)10-12-8-13(20)15(14(9-12)23-2)24-11-16(17,18)19/h8-9H,3-7,10-11H2,1-2H3. The van der Waals surface area contributed by atoms with E-state index in [-0.39, 0.29) is 5.75 Å². The molecule has 0 aliphatic carbocycles. The number of alkyl halides is 3. The number of halogens is 4. The van der Waals surface area contributed by atoms with Crippen LogP contribution < -0.4 is 9.47 Å². The fraction of sp³-hybridized carbons (Fsp3) is 0.625. The summed E-state index contributed by atoms with van der Waals surface area (Å²) in [7, 11) is 1.44. The molecule has 1 saturated heterocycles. The maximum absolute atomic E-state index is 12.4. The maximum atomic E-state index is 12.4. The molecule has 1 aromatic rings. The predicted molar refractivity (Wildman–Crippen MR) is 94.7 cm³/mol. The number of likely N-dealkylation sites (N-methyl/N-ethyl adjacent to an activating group) is 1. The van der Waals surface area contributed by atoms with Crippen molar-refractivity contribution in [2.24, 2.45) is 0 Å². The number of rotatable bonds is 6. The zero-order valence-corrected chi connectivity index (χ0v) is 16.0. The highest BCUT2D eigenvalue weighted by molar-refractivity contribution is 14.1. The Kier molecular flexibility index (Phi) is 6.99. The lowest BCUT2D eigenvalue weighted by Gasteiger charge is -2.34. The fourth-order valence-electron chi connectivity index (χ4n) is 2.68. The minimum Gasteiger partial charge on any atom is -0.493 e. The van der Waals surface area contributed by atoms with Crippen LogP contribution in [-0.2, 0) is 6.54 Å². The highest BCUT2D eigenvalue weighted by Gasteiger charge is 2.29. The molecule has 4 nitrogen and oxygen atoms in total. The van der Waals surface area contributed by atoms with Crippen LogP contribution in [0.4, 0.5) is 13.2 Å². The van der Waals surface area contributed by atoms with Crippen molar-refractivity contribution in [1.82, 2.24) is 9.80 Å². The number of hydrogen-bond donors (Lipinski definition) is 0. The summed E-state index contributed by atoms with van der Waals surface area (Å²) < 4.78 is 47.9. The molecule has 8 heteroatoms. The van der Waals surface area contributed by atoms with Gasteiger partial charge in [0.1, 0.15) is 0 Å². The average molecular weight is 458 g/mol. The van der Waals surface area contributed by atoms with E-state index in [2.05, 4.69) is 16.7 Å². The van der Waals surface area contributed by atoms with Crippen LogP contribution in [-0.4, -0.2) is 62.4 Å². The Labute approximate surface area is 154 Å². The number of ether oxygens (including phenoxy) is 2. The van der Waals surface area contributed by atoms with Gasteiger partial charge in [-0.15, -0.1) is 0 Å². The van der Waals surface area contributed by atoms with Crippen LogP contribution in [0.1, 0.15) is 12.5 Å². The van der Waals surface area contributed by atoms with Gasteiger partial charge in [0.2, 0.25) is 0 Å². The molecule has 136 valence electrons. The molecule has 0 bridgehead atoms. The first-order valence-corrected chi connectivity index (χ1v) is 8.91. The van der Waals surface area contributed by atoms with E-state index < -0.39 is 12.8 Å². The quantitative estimate of drug-likeness (QED) is 0.611. The summed E-state index contributed by atoms with van der Waals surface area (Å²) in [5.41, 5.74) is 1.01. The molecule has 0 radical (unpaired) electrons. The van der Waals surface area contributed by atoms with E-state index in [1.807, 2.05) is 28.7 Å². The summed E-state index contributed by atoms with van der Waals surface area (Å²) >= 11 is 1.99. The molecule has 0 atom stereocenters. The topological polar surface area (TPSA) is 24.9 Å². The van der Waals surface area contributed by atoms with Gasteiger partial charge < -0.3 is 14.4 Å². The molecule has 1 heterocycles. The van der Waals surface area contributed by atoms with Gasteiger partial charge in [0.05, 0.1) is 10.7 Å². The zero-order valence-electron chi connectivity index (χ0n) is 13.8. The summed E-state index contributed by atoms with van der Waals surface area (Å²) in [4.78, 5) is 4.74. The lowest BCUT2D eigenvalue weighted by molar-refractivity contribution is -0.153. The first-order valence-electron chi connectivity index (χ1n) is 7.83. The molecule has 0 aromatic heterocycles. The monoisotopic (exact) mass is 458 g/mol. The Hall–Kier alpha value is -0.740. The first kappa shape index (κ1) is 19.6. The molecule has 0 amide bonds. The van der Waals surface area contributed by atoms with Gasteiger partial charge in [-0.3, -0.25) is 4.90 Å². The van der Waals surface area contributed by atoms with Crippen molar-refractivity contribution in [3.8, 4) is 11.5 Å². The molecular weight excluding hydrogens is 436 g/mol. The van der Waals surface area contributed by atoms with Crippen molar-refractivity contribution in [3.63, 3.8) is 0 Å². The van der Waals surface area contributed by atoms with Gasteiger partial charge in [0, 0.05) is 32.7 Å². The summed E-state index contributed by atoms with van der Waals surface area (Å²) in [5, 5.41) is 0. The summed E-state index contributed by atoms with van der Waals surface area (Å²) in [6.45, 7) is 6.70. The van der Waals surface area contributed by atoms with Crippen LogP contribution in [0.25, 0.3) is 0 Å². The van der Waals surface area contributed by atoms with Crippen LogP contribution in [0.3, 0.4) is 0 Å². The predicted octanol–water partition coefficient (Wildman–Crippen LogP) is 3.38. The summed E-state index contributed by atoms with van der Waals surface area (Å²) in [6, 6.07) is 3.63. The van der Waals surface area contributed by atoms with Crippen LogP contribution in [0.5, 0.6) is 11.5 Å². The number of methoxy groups -OCH3 is 1. The number of piperazine rings is 1. The van der Waals surface area contributed by atoms with Gasteiger partial charge in [-0.25, -0.2) is 0 Å². The van der Waals surface area contributed by atoms with Crippen molar-refractivity contribution in [3.05, 3.63) is 21.3 Å². The van der Waals surface area contributed by atoms with E-state index in [1.54, 1.807) is 6.07 Å². The largest absolute Gasteiger partial charge is 0.493 e. The summed E-state index contributed by atoms with van der Waals surface area (Å²) in [5.74, 6) is 0.489. The van der Waals surface area contributed by atoms with Crippen LogP contribution in [0, 0.1) is 3.57 Å². The third-order valence-corrected chi connectivity index (χ3v) is 4.79. The Balaban J connectivity index is 2.05. The highest BCUT2D eigenvalue weighted by atomic mass is 127. The Morgan fingerprint density at radius 1 is 1.12 bits per heavy atom. The minimum absolute atomic E-state index is 0.148. The van der Waals surface area contributed by atoms with Crippen LogP contribution >= 0.6 is 22.6 Å². The fourth-order valence-corrected chi connectivity index (χ4v) is 3.50.